The first-order chi connectivity index (χ1) is 7.25. The van der Waals surface area contributed by atoms with Crippen molar-refractivity contribution < 1.29 is 0 Å². The molecule has 2 rings (SSSR count). The average Bonchev–Trinajstić information content (AvgIpc) is 2.70. The van der Waals surface area contributed by atoms with Crippen molar-refractivity contribution in [1.82, 2.24) is 5.32 Å². The maximum absolute atomic E-state index is 3.89. The van der Waals surface area contributed by atoms with Crippen molar-refractivity contribution in [3.63, 3.8) is 0 Å². The molecule has 0 saturated heterocycles. The van der Waals surface area contributed by atoms with E-state index >= 15 is 0 Å². The predicted molar refractivity (Wildman–Crippen MR) is 66.0 cm³/mol. The Hall–Kier alpha value is -0.0400. The summed E-state index contributed by atoms with van der Waals surface area (Å²) in [6, 6.07) is 1.59. The van der Waals surface area contributed by atoms with Crippen LogP contribution in [0, 0.1) is 11.8 Å². The van der Waals surface area contributed by atoms with Crippen molar-refractivity contribution in [3.05, 3.63) is 0 Å². The molecule has 1 N–H and O–H groups in total. The molecule has 2 aliphatic rings. The second kappa shape index (κ2) is 5.34. The van der Waals surface area contributed by atoms with Crippen LogP contribution in [0.2, 0.25) is 0 Å². The zero-order chi connectivity index (χ0) is 10.7. The third-order valence-corrected chi connectivity index (χ3v) is 4.54. The van der Waals surface area contributed by atoms with E-state index < -0.39 is 0 Å². The van der Waals surface area contributed by atoms with Gasteiger partial charge in [-0.3, -0.25) is 0 Å². The normalized spacial score (nSPS) is 35.6. The van der Waals surface area contributed by atoms with E-state index in [4.69, 9.17) is 0 Å². The van der Waals surface area contributed by atoms with E-state index in [1.807, 2.05) is 0 Å². The Morgan fingerprint density at radius 1 is 1.00 bits per heavy atom. The van der Waals surface area contributed by atoms with Gasteiger partial charge in [0.05, 0.1) is 0 Å². The molecule has 2 unspecified atom stereocenters. The largest absolute Gasteiger partial charge is 0.311 e. The standard InChI is InChI=1S/C14H27N/c1-11-6-5-9-14(10-11)15-12(2)13-7-3-4-8-13/h11-15H,3-10H2,1-2H3/t11?,12-,14?/m0/s1. The lowest BCUT2D eigenvalue weighted by Crippen LogP contribution is -2.42. The minimum absolute atomic E-state index is 0.766. The van der Waals surface area contributed by atoms with Gasteiger partial charge in [-0.05, 0) is 44.4 Å². The zero-order valence-corrected chi connectivity index (χ0v) is 10.5. The summed E-state index contributed by atoms with van der Waals surface area (Å²) in [6.45, 7) is 4.82. The molecule has 0 bridgehead atoms. The highest BCUT2D eigenvalue weighted by Crippen LogP contribution is 2.29. The molecule has 0 aromatic rings. The lowest BCUT2D eigenvalue weighted by molar-refractivity contribution is 0.255. The van der Waals surface area contributed by atoms with Crippen molar-refractivity contribution in [2.45, 2.75) is 77.3 Å². The van der Waals surface area contributed by atoms with Gasteiger partial charge in [0.15, 0.2) is 0 Å². The predicted octanol–water partition coefficient (Wildman–Crippen LogP) is 3.73. The van der Waals surface area contributed by atoms with Crippen LogP contribution in [-0.2, 0) is 0 Å². The summed E-state index contributed by atoms with van der Waals surface area (Å²) in [4.78, 5) is 0. The van der Waals surface area contributed by atoms with E-state index in [-0.39, 0.29) is 0 Å². The van der Waals surface area contributed by atoms with Crippen LogP contribution in [0.15, 0.2) is 0 Å². The molecule has 0 aliphatic heterocycles. The van der Waals surface area contributed by atoms with Gasteiger partial charge >= 0.3 is 0 Å². The average molecular weight is 209 g/mol. The van der Waals surface area contributed by atoms with Crippen molar-refractivity contribution in [2.24, 2.45) is 11.8 Å². The third kappa shape index (κ3) is 3.21. The fraction of sp³-hybridized carbons (Fsp3) is 1.00. The van der Waals surface area contributed by atoms with Crippen LogP contribution < -0.4 is 5.32 Å². The maximum Gasteiger partial charge on any atom is 0.00721 e. The van der Waals surface area contributed by atoms with E-state index in [1.54, 1.807) is 0 Å². The van der Waals surface area contributed by atoms with E-state index in [9.17, 15) is 0 Å². The highest BCUT2D eigenvalue weighted by molar-refractivity contribution is 4.83. The Balaban J connectivity index is 1.74. The molecule has 0 radical (unpaired) electrons. The third-order valence-electron chi connectivity index (χ3n) is 4.54. The molecule has 88 valence electrons. The van der Waals surface area contributed by atoms with Crippen molar-refractivity contribution in [2.75, 3.05) is 0 Å². The molecular weight excluding hydrogens is 182 g/mol. The van der Waals surface area contributed by atoms with Gasteiger partial charge in [-0.15, -0.1) is 0 Å². The van der Waals surface area contributed by atoms with Gasteiger partial charge in [-0.25, -0.2) is 0 Å². The maximum atomic E-state index is 3.89. The number of hydrogen-bond donors (Lipinski definition) is 1. The van der Waals surface area contributed by atoms with Crippen LogP contribution >= 0.6 is 0 Å². The van der Waals surface area contributed by atoms with Gasteiger partial charge in [0.25, 0.3) is 0 Å². The molecule has 3 atom stereocenters. The van der Waals surface area contributed by atoms with Gasteiger partial charge in [0.2, 0.25) is 0 Å². The highest BCUT2D eigenvalue weighted by Gasteiger charge is 2.25. The van der Waals surface area contributed by atoms with Crippen LogP contribution in [0.25, 0.3) is 0 Å². The molecule has 0 amide bonds. The minimum Gasteiger partial charge on any atom is -0.311 e. The van der Waals surface area contributed by atoms with Crippen LogP contribution in [0.4, 0.5) is 0 Å². The summed E-state index contributed by atoms with van der Waals surface area (Å²) in [7, 11) is 0. The molecular formula is C14H27N. The van der Waals surface area contributed by atoms with Gasteiger partial charge < -0.3 is 5.32 Å². The van der Waals surface area contributed by atoms with E-state index in [1.165, 1.54) is 51.4 Å². The number of hydrogen-bond acceptors (Lipinski definition) is 1. The van der Waals surface area contributed by atoms with E-state index in [2.05, 4.69) is 19.2 Å². The smallest absolute Gasteiger partial charge is 0.00721 e. The SMILES string of the molecule is CC1CCCC(N[C@@H](C)C2CCCC2)C1. The number of rotatable bonds is 3. The summed E-state index contributed by atoms with van der Waals surface area (Å²) in [5, 5.41) is 3.89. The minimum atomic E-state index is 0.766. The van der Waals surface area contributed by atoms with E-state index in [0.717, 1.165) is 23.9 Å². The molecule has 0 spiro atoms. The molecule has 1 nitrogen and oxygen atoms in total. The quantitative estimate of drug-likeness (QED) is 0.747. The van der Waals surface area contributed by atoms with Crippen LogP contribution in [0.3, 0.4) is 0 Å². The summed E-state index contributed by atoms with van der Waals surface area (Å²) < 4.78 is 0. The van der Waals surface area contributed by atoms with Crippen molar-refractivity contribution >= 4 is 0 Å². The molecule has 0 aromatic carbocycles. The number of nitrogens with one attached hydrogen (secondary N) is 1. The second-order valence-electron chi connectivity index (χ2n) is 5.97. The fourth-order valence-corrected chi connectivity index (χ4v) is 3.55. The molecule has 2 saturated carbocycles. The van der Waals surface area contributed by atoms with Gasteiger partial charge in [-0.1, -0.05) is 32.6 Å². The monoisotopic (exact) mass is 209 g/mol. The van der Waals surface area contributed by atoms with Crippen LogP contribution in [0.5, 0.6) is 0 Å². The van der Waals surface area contributed by atoms with E-state index in [0.29, 0.717) is 0 Å². The Labute approximate surface area is 95.0 Å². The Bertz CT molecular complexity index is 184. The first-order valence-electron chi connectivity index (χ1n) is 7.01. The van der Waals surface area contributed by atoms with Crippen LogP contribution in [-0.4, -0.2) is 12.1 Å². The first-order valence-corrected chi connectivity index (χ1v) is 7.01. The molecule has 0 aromatic heterocycles. The second-order valence-corrected chi connectivity index (χ2v) is 5.97. The summed E-state index contributed by atoms with van der Waals surface area (Å²) in [6.07, 6.45) is 11.6. The van der Waals surface area contributed by atoms with Gasteiger partial charge in [0, 0.05) is 12.1 Å². The molecule has 2 aliphatic carbocycles. The van der Waals surface area contributed by atoms with Gasteiger partial charge in [-0.2, -0.15) is 0 Å². The molecule has 1 heteroatoms. The lowest BCUT2D eigenvalue weighted by atomic mass is 9.86. The van der Waals surface area contributed by atoms with Gasteiger partial charge in [0.1, 0.15) is 0 Å². The summed E-state index contributed by atoms with van der Waals surface area (Å²) in [5.41, 5.74) is 0. The fourth-order valence-electron chi connectivity index (χ4n) is 3.55. The summed E-state index contributed by atoms with van der Waals surface area (Å²) >= 11 is 0. The first kappa shape index (κ1) is 11.4. The molecule has 0 heterocycles. The Morgan fingerprint density at radius 2 is 1.73 bits per heavy atom. The van der Waals surface area contributed by atoms with Crippen molar-refractivity contribution in [1.29, 1.82) is 0 Å². The lowest BCUT2D eigenvalue weighted by Gasteiger charge is -2.32. The molecule has 2 fully saturated rings. The van der Waals surface area contributed by atoms with Crippen LogP contribution in [0.1, 0.15) is 65.2 Å². The molecule has 15 heavy (non-hydrogen) atoms. The zero-order valence-electron chi connectivity index (χ0n) is 10.5. The highest BCUT2D eigenvalue weighted by atomic mass is 15.0. The Kier molecular flexibility index (Phi) is 4.07. The topological polar surface area (TPSA) is 12.0 Å². The Morgan fingerprint density at radius 3 is 2.40 bits per heavy atom. The summed E-state index contributed by atoms with van der Waals surface area (Å²) in [5.74, 6) is 1.93. The van der Waals surface area contributed by atoms with Crippen molar-refractivity contribution in [3.8, 4) is 0 Å².